The SMILES string of the molecule is CC(=O)O[C@H]1[C@H](Oc2ccc(CO)cc2C(=O)CCCOCCOCCN=[N+]=[N-])O[C@H](C(C)=O)[C@@H](C)[C@@H]1OC(C)=O. The number of carbonyl (C=O) groups is 4. The highest BCUT2D eigenvalue weighted by Gasteiger charge is 2.50. The fourth-order valence-electron chi connectivity index (χ4n) is 4.28. The number of nitrogens with zero attached hydrogens (tertiary/aromatic N) is 3. The number of azide groups is 1. The van der Waals surface area contributed by atoms with Gasteiger partial charge in [0.2, 0.25) is 12.4 Å². The van der Waals surface area contributed by atoms with Crippen molar-refractivity contribution in [2.75, 3.05) is 33.0 Å². The number of ketones is 2. The van der Waals surface area contributed by atoms with Crippen LogP contribution in [0.15, 0.2) is 23.3 Å². The second-order valence-electron chi connectivity index (χ2n) is 9.36. The van der Waals surface area contributed by atoms with Crippen LogP contribution in [-0.2, 0) is 44.7 Å². The van der Waals surface area contributed by atoms with Gasteiger partial charge >= 0.3 is 11.9 Å². The zero-order chi connectivity index (χ0) is 30.4. The first-order valence-electron chi connectivity index (χ1n) is 13.2. The Morgan fingerprint density at radius 3 is 2.27 bits per heavy atom. The molecule has 14 nitrogen and oxygen atoms in total. The van der Waals surface area contributed by atoms with Crippen molar-refractivity contribution in [3.8, 4) is 5.75 Å². The Balaban J connectivity index is 2.16. The average Bonchev–Trinajstić information content (AvgIpc) is 2.92. The molecule has 0 amide bonds. The number of hydrogen-bond acceptors (Lipinski definition) is 12. The first-order chi connectivity index (χ1) is 19.6. The lowest BCUT2D eigenvalue weighted by molar-refractivity contribution is -0.261. The predicted octanol–water partition coefficient (Wildman–Crippen LogP) is 2.68. The number of hydrogen-bond donors (Lipinski definition) is 1. The van der Waals surface area contributed by atoms with Crippen molar-refractivity contribution in [3.05, 3.63) is 39.8 Å². The summed E-state index contributed by atoms with van der Waals surface area (Å²) in [5.74, 6) is -2.58. The van der Waals surface area contributed by atoms with Crippen molar-refractivity contribution in [1.29, 1.82) is 0 Å². The van der Waals surface area contributed by atoms with E-state index in [0.29, 0.717) is 25.2 Å². The van der Waals surface area contributed by atoms with Crippen LogP contribution in [0.1, 0.15) is 56.5 Å². The Labute approximate surface area is 237 Å². The van der Waals surface area contributed by atoms with Gasteiger partial charge in [0.25, 0.3) is 0 Å². The summed E-state index contributed by atoms with van der Waals surface area (Å²) in [6.45, 7) is 6.40. The lowest BCUT2D eigenvalue weighted by Crippen LogP contribution is -2.59. The molecule has 0 saturated carbocycles. The van der Waals surface area contributed by atoms with E-state index in [0.717, 1.165) is 0 Å². The Morgan fingerprint density at radius 1 is 1.00 bits per heavy atom. The number of benzene rings is 1. The molecule has 2 rings (SSSR count). The van der Waals surface area contributed by atoms with Crippen LogP contribution in [0.2, 0.25) is 0 Å². The molecule has 0 spiro atoms. The predicted molar refractivity (Wildman–Crippen MR) is 142 cm³/mol. The zero-order valence-corrected chi connectivity index (χ0v) is 23.6. The standard InChI is InChI=1S/C27H37N3O11/c1-16-24(17(2)32)41-27(26(39-19(4)34)25(16)38-18(3)33)40-23-8-7-20(15-31)14-21(23)22(35)6-5-10-36-12-13-37-11-9-29-30-28/h7-8,14,16,24-27,31H,5-6,9-13,15H2,1-4H3/t16-,24+,25+,26-,27-/m1/s1. The van der Waals surface area contributed by atoms with E-state index in [2.05, 4.69) is 10.0 Å². The van der Waals surface area contributed by atoms with Gasteiger partial charge in [-0.25, -0.2) is 0 Å². The van der Waals surface area contributed by atoms with E-state index in [1.54, 1.807) is 13.0 Å². The molecule has 14 heteroatoms. The van der Waals surface area contributed by atoms with Gasteiger partial charge in [-0.2, -0.15) is 0 Å². The average molecular weight is 580 g/mol. The van der Waals surface area contributed by atoms with Gasteiger partial charge in [-0.3, -0.25) is 19.2 Å². The monoisotopic (exact) mass is 579 g/mol. The number of aliphatic hydroxyl groups is 1. The summed E-state index contributed by atoms with van der Waals surface area (Å²) in [6, 6.07) is 4.50. The first-order valence-corrected chi connectivity index (χ1v) is 13.2. The van der Waals surface area contributed by atoms with Crippen LogP contribution in [-0.4, -0.2) is 86.2 Å². The van der Waals surface area contributed by atoms with Gasteiger partial charge in [0.1, 0.15) is 11.9 Å². The van der Waals surface area contributed by atoms with Crippen molar-refractivity contribution < 1.29 is 52.7 Å². The summed E-state index contributed by atoms with van der Waals surface area (Å²) in [5.41, 5.74) is 8.83. The van der Waals surface area contributed by atoms with E-state index in [1.165, 1.54) is 32.9 Å². The van der Waals surface area contributed by atoms with E-state index >= 15 is 0 Å². The first kappa shape index (κ1) is 33.7. The molecule has 1 saturated heterocycles. The molecular formula is C27H37N3O11. The highest BCUT2D eigenvalue weighted by molar-refractivity contribution is 5.98. The Kier molecular flexibility index (Phi) is 14.2. The van der Waals surface area contributed by atoms with Crippen molar-refractivity contribution in [2.45, 2.75) is 71.7 Å². The molecule has 1 fully saturated rings. The minimum atomic E-state index is -1.39. The van der Waals surface area contributed by atoms with Crippen LogP contribution in [0.25, 0.3) is 10.4 Å². The molecule has 0 aliphatic carbocycles. The zero-order valence-electron chi connectivity index (χ0n) is 23.6. The molecular weight excluding hydrogens is 542 g/mol. The van der Waals surface area contributed by atoms with Crippen LogP contribution in [0, 0.1) is 5.92 Å². The summed E-state index contributed by atoms with van der Waals surface area (Å²) in [7, 11) is 0. The fraction of sp³-hybridized carbons (Fsp3) is 0.630. The van der Waals surface area contributed by atoms with Gasteiger partial charge in [-0.15, -0.1) is 0 Å². The normalized spacial score (nSPS) is 21.8. The molecule has 0 aromatic heterocycles. The second-order valence-corrected chi connectivity index (χ2v) is 9.36. The summed E-state index contributed by atoms with van der Waals surface area (Å²) in [6.07, 6.45) is -4.24. The molecule has 1 N–H and O–H groups in total. The largest absolute Gasteiger partial charge is 0.460 e. The highest BCUT2D eigenvalue weighted by atomic mass is 16.7. The van der Waals surface area contributed by atoms with E-state index in [9.17, 15) is 24.3 Å². The third-order valence-corrected chi connectivity index (χ3v) is 6.11. The molecule has 1 aromatic carbocycles. The fourth-order valence-corrected chi connectivity index (χ4v) is 4.28. The number of esters is 2. The van der Waals surface area contributed by atoms with Gasteiger partial charge in [-0.1, -0.05) is 18.1 Å². The summed E-state index contributed by atoms with van der Waals surface area (Å²) < 4.78 is 33.5. The lowest BCUT2D eigenvalue weighted by atomic mass is 9.88. The number of carbonyl (C=O) groups excluding carboxylic acids is 4. The lowest BCUT2D eigenvalue weighted by Gasteiger charge is -2.43. The number of aliphatic hydroxyl groups excluding tert-OH is 1. The maximum absolute atomic E-state index is 13.2. The third kappa shape index (κ3) is 10.7. The van der Waals surface area contributed by atoms with Crippen LogP contribution < -0.4 is 4.74 Å². The quantitative estimate of drug-likeness (QED) is 0.0712. The van der Waals surface area contributed by atoms with Crippen LogP contribution in [0.4, 0.5) is 0 Å². The molecule has 1 aliphatic rings. The van der Waals surface area contributed by atoms with Gasteiger partial charge in [0, 0.05) is 44.2 Å². The molecule has 0 radical (unpaired) electrons. The highest BCUT2D eigenvalue weighted by Crippen LogP contribution is 2.34. The molecule has 5 atom stereocenters. The summed E-state index contributed by atoms with van der Waals surface area (Å²) >= 11 is 0. The molecule has 226 valence electrons. The van der Waals surface area contributed by atoms with Crippen molar-refractivity contribution in [1.82, 2.24) is 0 Å². The third-order valence-electron chi connectivity index (χ3n) is 6.11. The topological polar surface area (TPSA) is 193 Å². The maximum Gasteiger partial charge on any atom is 0.303 e. The van der Waals surface area contributed by atoms with Crippen LogP contribution >= 0.6 is 0 Å². The van der Waals surface area contributed by atoms with E-state index in [1.807, 2.05) is 0 Å². The van der Waals surface area contributed by atoms with E-state index in [-0.39, 0.29) is 55.7 Å². The molecule has 41 heavy (non-hydrogen) atoms. The summed E-state index contributed by atoms with van der Waals surface area (Å²) in [4.78, 5) is 51.9. The molecule has 0 unspecified atom stereocenters. The van der Waals surface area contributed by atoms with Crippen molar-refractivity contribution in [2.24, 2.45) is 11.0 Å². The number of ether oxygens (including phenoxy) is 6. The van der Waals surface area contributed by atoms with Crippen molar-refractivity contribution in [3.63, 3.8) is 0 Å². The molecule has 0 bridgehead atoms. The molecule has 1 aromatic rings. The maximum atomic E-state index is 13.2. The van der Waals surface area contributed by atoms with E-state index < -0.39 is 42.5 Å². The molecule has 1 aliphatic heterocycles. The molecule has 1 heterocycles. The minimum Gasteiger partial charge on any atom is -0.460 e. The van der Waals surface area contributed by atoms with E-state index in [4.69, 9.17) is 34.0 Å². The number of Topliss-reactive ketones (excluding diaryl/α,β-unsaturated/α-hetero) is 2. The van der Waals surface area contributed by atoms with Gasteiger partial charge < -0.3 is 33.5 Å². The Hall–Kier alpha value is -3.55. The smallest absolute Gasteiger partial charge is 0.303 e. The Morgan fingerprint density at radius 2 is 1.66 bits per heavy atom. The second kappa shape index (κ2) is 17.3. The van der Waals surface area contributed by atoms with Crippen molar-refractivity contribution >= 4 is 23.5 Å². The van der Waals surface area contributed by atoms with Gasteiger partial charge in [0.05, 0.1) is 32.0 Å². The van der Waals surface area contributed by atoms with Crippen LogP contribution in [0.5, 0.6) is 5.75 Å². The van der Waals surface area contributed by atoms with Crippen LogP contribution in [0.3, 0.4) is 0 Å². The summed E-state index contributed by atoms with van der Waals surface area (Å²) in [5, 5.41) is 13.0. The minimum absolute atomic E-state index is 0.0714. The Bertz CT molecular complexity index is 1110. The number of rotatable bonds is 17. The van der Waals surface area contributed by atoms with Gasteiger partial charge in [-0.05, 0) is 36.6 Å². The van der Waals surface area contributed by atoms with Gasteiger partial charge in [0.15, 0.2) is 17.7 Å².